The molecular formula is C29H25FN4O4S. The number of phenols is 1. The van der Waals surface area contributed by atoms with Gasteiger partial charge in [0.1, 0.15) is 5.82 Å². The van der Waals surface area contributed by atoms with E-state index in [1.165, 1.54) is 31.4 Å². The Hall–Kier alpha value is -4.75. The molecule has 0 fully saturated rings. The van der Waals surface area contributed by atoms with E-state index in [0.29, 0.717) is 33.2 Å². The highest BCUT2D eigenvalue weighted by Crippen LogP contribution is 2.43. The van der Waals surface area contributed by atoms with E-state index >= 15 is 0 Å². The predicted octanol–water partition coefficient (Wildman–Crippen LogP) is 5.25. The van der Waals surface area contributed by atoms with Gasteiger partial charge in [0.25, 0.3) is 5.91 Å². The molecule has 0 bridgehead atoms. The molecule has 8 nitrogen and oxygen atoms in total. The van der Waals surface area contributed by atoms with Crippen LogP contribution in [0.3, 0.4) is 0 Å². The Bertz CT molecular complexity index is 1520. The zero-order chi connectivity index (χ0) is 27.9. The second-order valence-corrected chi connectivity index (χ2v) is 9.54. The monoisotopic (exact) mass is 544 g/mol. The molecule has 1 heterocycles. The van der Waals surface area contributed by atoms with Gasteiger partial charge >= 0.3 is 0 Å². The van der Waals surface area contributed by atoms with Gasteiger partial charge < -0.3 is 25.8 Å². The van der Waals surface area contributed by atoms with Crippen LogP contribution >= 0.6 is 11.8 Å². The number of dihydropyridines is 1. The Morgan fingerprint density at radius 1 is 1.08 bits per heavy atom. The summed E-state index contributed by atoms with van der Waals surface area (Å²) < 4.78 is 18.8. The molecule has 1 atom stereocenters. The van der Waals surface area contributed by atoms with Gasteiger partial charge in [0.2, 0.25) is 5.91 Å². The summed E-state index contributed by atoms with van der Waals surface area (Å²) in [7, 11) is 1.41. The molecule has 0 spiro atoms. The summed E-state index contributed by atoms with van der Waals surface area (Å²) in [6, 6.07) is 21.3. The summed E-state index contributed by atoms with van der Waals surface area (Å²) >= 11 is 1.09. The number of allylic oxidation sites excluding steroid dienone is 2. The minimum atomic E-state index is -0.816. The highest BCUT2D eigenvalue weighted by molar-refractivity contribution is 8.03. The first-order chi connectivity index (χ1) is 18.8. The number of nitriles is 1. The fourth-order valence-corrected chi connectivity index (χ4v) is 5.05. The van der Waals surface area contributed by atoms with Crippen LogP contribution < -0.4 is 20.7 Å². The maximum absolute atomic E-state index is 13.5. The molecule has 0 unspecified atom stereocenters. The smallest absolute Gasteiger partial charge is 0.254 e. The Labute approximate surface area is 229 Å². The summed E-state index contributed by atoms with van der Waals surface area (Å²) in [5.41, 5.74) is 2.46. The van der Waals surface area contributed by atoms with Crippen LogP contribution in [0.15, 0.2) is 94.7 Å². The topological polar surface area (TPSA) is 123 Å². The van der Waals surface area contributed by atoms with E-state index in [1.807, 2.05) is 6.07 Å². The quantitative estimate of drug-likeness (QED) is 0.306. The molecule has 198 valence electrons. The second-order valence-electron chi connectivity index (χ2n) is 8.55. The van der Waals surface area contributed by atoms with Gasteiger partial charge in [-0.05, 0) is 55.0 Å². The second kappa shape index (κ2) is 12.2. The third-order valence-electron chi connectivity index (χ3n) is 5.92. The molecule has 2 amide bonds. The molecule has 3 aromatic carbocycles. The van der Waals surface area contributed by atoms with E-state index in [9.17, 15) is 24.3 Å². The average Bonchev–Trinajstić information content (AvgIpc) is 2.92. The highest BCUT2D eigenvalue weighted by Gasteiger charge is 2.35. The third kappa shape index (κ3) is 6.40. The van der Waals surface area contributed by atoms with Gasteiger partial charge in [0, 0.05) is 22.6 Å². The van der Waals surface area contributed by atoms with E-state index < -0.39 is 23.5 Å². The lowest BCUT2D eigenvalue weighted by molar-refractivity contribution is -0.114. The highest BCUT2D eigenvalue weighted by atomic mass is 32.2. The van der Waals surface area contributed by atoms with Gasteiger partial charge in [0.05, 0.1) is 35.5 Å². The Kier molecular flexibility index (Phi) is 8.53. The minimum absolute atomic E-state index is 0.0749. The molecule has 1 aliphatic heterocycles. The standard InChI is InChI=1S/C29H25FN4O4S/c1-17-26(28(37)34-20-8-4-3-5-9-20)27(18-11-12-23(35)24(13-18)38-2)22(15-31)29(32-17)39-16-25(36)33-21-10-6-7-19(30)14-21/h3-14,27,32,35H,16H2,1-2H3,(H,33,36)(H,34,37)/t27-/m1/s1. The Morgan fingerprint density at radius 2 is 1.82 bits per heavy atom. The van der Waals surface area contributed by atoms with Crippen molar-refractivity contribution in [2.45, 2.75) is 12.8 Å². The van der Waals surface area contributed by atoms with E-state index in [2.05, 4.69) is 22.0 Å². The fraction of sp³-hybridized carbons (Fsp3) is 0.138. The molecular weight excluding hydrogens is 519 g/mol. The number of carbonyl (C=O) groups excluding carboxylic acids is 2. The molecule has 3 aromatic rings. The third-order valence-corrected chi connectivity index (χ3v) is 6.93. The van der Waals surface area contributed by atoms with Crippen LogP contribution in [0.4, 0.5) is 15.8 Å². The zero-order valence-electron chi connectivity index (χ0n) is 21.1. The normalized spacial score (nSPS) is 14.8. The molecule has 0 saturated carbocycles. The summed E-state index contributed by atoms with van der Waals surface area (Å²) in [5, 5.41) is 29.4. The Balaban J connectivity index is 1.67. The van der Waals surface area contributed by atoms with E-state index in [-0.39, 0.29) is 22.8 Å². The number of hydrogen-bond donors (Lipinski definition) is 4. The minimum Gasteiger partial charge on any atom is -0.504 e. The number of nitrogens with zero attached hydrogens (tertiary/aromatic N) is 1. The lowest BCUT2D eigenvalue weighted by Gasteiger charge is -2.30. The zero-order valence-corrected chi connectivity index (χ0v) is 21.9. The van der Waals surface area contributed by atoms with E-state index in [4.69, 9.17) is 4.74 Å². The number of amides is 2. The van der Waals surface area contributed by atoms with Crippen molar-refractivity contribution in [2.75, 3.05) is 23.5 Å². The number of thioether (sulfide) groups is 1. The van der Waals surface area contributed by atoms with Crippen molar-refractivity contribution >= 4 is 35.0 Å². The van der Waals surface area contributed by atoms with E-state index in [1.54, 1.807) is 49.4 Å². The van der Waals surface area contributed by atoms with Crippen molar-refractivity contribution in [1.82, 2.24) is 5.32 Å². The van der Waals surface area contributed by atoms with Crippen LogP contribution in [0.25, 0.3) is 0 Å². The summed E-state index contributed by atoms with van der Waals surface area (Å²) in [6.45, 7) is 1.71. The summed E-state index contributed by atoms with van der Waals surface area (Å²) in [4.78, 5) is 26.1. The van der Waals surface area contributed by atoms with Crippen LogP contribution in [0.1, 0.15) is 18.4 Å². The molecule has 0 radical (unpaired) electrons. The fourth-order valence-electron chi connectivity index (χ4n) is 4.16. The largest absolute Gasteiger partial charge is 0.504 e. The first kappa shape index (κ1) is 27.3. The van der Waals surface area contributed by atoms with Crippen molar-refractivity contribution < 1.29 is 23.8 Å². The molecule has 10 heteroatoms. The van der Waals surface area contributed by atoms with E-state index in [0.717, 1.165) is 11.8 Å². The molecule has 0 aromatic heterocycles. The van der Waals surface area contributed by atoms with Gasteiger partial charge in [-0.1, -0.05) is 42.1 Å². The number of aromatic hydroxyl groups is 1. The van der Waals surface area contributed by atoms with Crippen LogP contribution in [0.2, 0.25) is 0 Å². The number of nitrogens with one attached hydrogen (secondary N) is 3. The lowest BCUT2D eigenvalue weighted by Crippen LogP contribution is -2.31. The van der Waals surface area contributed by atoms with Crippen LogP contribution in [-0.4, -0.2) is 29.8 Å². The van der Waals surface area contributed by atoms with Gasteiger partial charge in [-0.25, -0.2) is 4.39 Å². The van der Waals surface area contributed by atoms with Crippen molar-refractivity contribution in [2.24, 2.45) is 0 Å². The summed E-state index contributed by atoms with van der Waals surface area (Å²) in [5.74, 6) is -2.07. The van der Waals surface area contributed by atoms with Crippen LogP contribution in [-0.2, 0) is 9.59 Å². The first-order valence-electron chi connectivity index (χ1n) is 11.8. The molecule has 4 rings (SSSR count). The SMILES string of the molecule is COc1cc([C@@H]2C(C#N)=C(SCC(=O)Nc3cccc(F)c3)NC(C)=C2C(=O)Nc2ccccc2)ccc1O. The number of halogens is 1. The van der Waals surface area contributed by atoms with Gasteiger partial charge in [-0.2, -0.15) is 5.26 Å². The van der Waals surface area contributed by atoms with Crippen molar-refractivity contribution in [3.8, 4) is 17.6 Å². The number of para-hydroxylation sites is 1. The first-order valence-corrected chi connectivity index (χ1v) is 12.8. The van der Waals surface area contributed by atoms with Crippen molar-refractivity contribution in [1.29, 1.82) is 5.26 Å². The van der Waals surface area contributed by atoms with Crippen molar-refractivity contribution in [3.05, 3.63) is 106 Å². The number of benzene rings is 3. The number of ether oxygens (including phenoxy) is 1. The number of phenolic OH excluding ortho intramolecular Hbond substituents is 1. The molecule has 4 N–H and O–H groups in total. The summed E-state index contributed by atoms with van der Waals surface area (Å²) in [6.07, 6.45) is 0. The predicted molar refractivity (Wildman–Crippen MR) is 148 cm³/mol. The van der Waals surface area contributed by atoms with Crippen molar-refractivity contribution in [3.63, 3.8) is 0 Å². The average molecular weight is 545 g/mol. The number of rotatable bonds is 8. The number of hydrogen-bond acceptors (Lipinski definition) is 7. The molecule has 39 heavy (non-hydrogen) atoms. The van der Waals surface area contributed by atoms with Gasteiger partial charge in [-0.15, -0.1) is 0 Å². The molecule has 0 aliphatic carbocycles. The number of anilines is 2. The van der Waals surface area contributed by atoms with Crippen LogP contribution in [0, 0.1) is 17.1 Å². The Morgan fingerprint density at radius 3 is 2.51 bits per heavy atom. The van der Waals surface area contributed by atoms with Gasteiger partial charge in [-0.3, -0.25) is 9.59 Å². The molecule has 0 saturated heterocycles. The number of carbonyl (C=O) groups is 2. The number of methoxy groups -OCH3 is 1. The van der Waals surface area contributed by atoms with Gasteiger partial charge in [0.15, 0.2) is 11.5 Å². The molecule has 1 aliphatic rings. The van der Waals surface area contributed by atoms with Crippen LogP contribution in [0.5, 0.6) is 11.5 Å². The maximum Gasteiger partial charge on any atom is 0.254 e. The maximum atomic E-state index is 13.5. The lowest BCUT2D eigenvalue weighted by atomic mass is 9.82.